The van der Waals surface area contributed by atoms with E-state index in [-0.39, 0.29) is 55.9 Å². The van der Waals surface area contributed by atoms with Gasteiger partial charge in [-0.1, -0.05) is 44.2 Å². The summed E-state index contributed by atoms with van der Waals surface area (Å²) in [5.41, 5.74) is 5.31. The van der Waals surface area contributed by atoms with Crippen molar-refractivity contribution in [1.82, 2.24) is 0 Å². The molecule has 7 heteroatoms. The molecule has 3 rings (SSSR count). The Morgan fingerprint density at radius 1 is 0.880 bits per heavy atom. The van der Waals surface area contributed by atoms with E-state index in [1.165, 1.54) is 0 Å². The Morgan fingerprint density at radius 2 is 1.40 bits per heavy atom. The number of halogens is 2. The zero-order valence-electron chi connectivity index (χ0n) is 13.9. The van der Waals surface area contributed by atoms with Crippen molar-refractivity contribution < 1.29 is 64.0 Å². The molecule has 132 valence electrons. The Morgan fingerprint density at radius 3 is 1.88 bits per heavy atom. The topological polar surface area (TPSA) is 54.4 Å². The molecule has 0 saturated heterocycles. The van der Waals surface area contributed by atoms with Gasteiger partial charge in [-0.15, -0.1) is 0 Å². The molecule has 0 atom stereocenters. The van der Waals surface area contributed by atoms with Crippen molar-refractivity contribution in [2.24, 2.45) is 0 Å². The van der Waals surface area contributed by atoms with Crippen LogP contribution in [-0.2, 0) is 36.3 Å². The summed E-state index contributed by atoms with van der Waals surface area (Å²) < 4.78 is 33.4. The minimum absolute atomic E-state index is 0. The first kappa shape index (κ1) is 24.6. The standard InChI is InChI=1S/C18H18O3S.2ClH.Zr/c1-3-12-10-15(14-8-6-5-7-9-14)16-11-13(4-2)18(17(12)16)22(19,20)21;;;/h5-11H,3-4H2,1-2H3,(H,19,20,21);2*1H;/q;;;+2/p-2. The molecule has 25 heavy (non-hydrogen) atoms. The van der Waals surface area contributed by atoms with Gasteiger partial charge in [0.05, 0.1) is 0 Å². The Labute approximate surface area is 180 Å². The molecule has 2 aliphatic rings. The predicted molar refractivity (Wildman–Crippen MR) is 88.7 cm³/mol. The van der Waals surface area contributed by atoms with Gasteiger partial charge < -0.3 is 24.8 Å². The maximum atomic E-state index is 11.9. The van der Waals surface area contributed by atoms with E-state index < -0.39 is 10.1 Å². The minimum Gasteiger partial charge on any atom is -1.00 e. The van der Waals surface area contributed by atoms with Crippen molar-refractivity contribution in [3.05, 3.63) is 75.2 Å². The van der Waals surface area contributed by atoms with E-state index in [4.69, 9.17) is 0 Å². The molecule has 1 aromatic carbocycles. The van der Waals surface area contributed by atoms with Gasteiger partial charge in [0.15, 0.2) is 0 Å². The van der Waals surface area contributed by atoms with Crippen molar-refractivity contribution in [3.63, 3.8) is 0 Å². The fourth-order valence-corrected chi connectivity index (χ4v) is 4.18. The molecule has 2 aliphatic carbocycles. The summed E-state index contributed by atoms with van der Waals surface area (Å²) in [6.45, 7) is 3.90. The van der Waals surface area contributed by atoms with Gasteiger partial charge in [-0.3, -0.25) is 4.55 Å². The first-order valence-electron chi connectivity index (χ1n) is 7.41. The van der Waals surface area contributed by atoms with Gasteiger partial charge in [0, 0.05) is 5.57 Å². The molecule has 3 nitrogen and oxygen atoms in total. The summed E-state index contributed by atoms with van der Waals surface area (Å²) >= 11 is 0. The maximum Gasteiger partial charge on any atom is 2.00 e. The van der Waals surface area contributed by atoms with Gasteiger partial charge >= 0.3 is 26.2 Å². The normalized spacial score (nSPS) is 15.6. The van der Waals surface area contributed by atoms with Gasteiger partial charge in [0.25, 0.3) is 10.1 Å². The van der Waals surface area contributed by atoms with Gasteiger partial charge in [0.1, 0.15) is 4.91 Å². The van der Waals surface area contributed by atoms with Crippen molar-refractivity contribution in [1.29, 1.82) is 0 Å². The van der Waals surface area contributed by atoms with Gasteiger partial charge in [-0.05, 0) is 52.8 Å². The van der Waals surface area contributed by atoms with Crippen LogP contribution in [0.2, 0.25) is 0 Å². The molecule has 1 aromatic rings. The van der Waals surface area contributed by atoms with Crippen LogP contribution in [0.1, 0.15) is 32.3 Å². The van der Waals surface area contributed by atoms with E-state index in [1.54, 1.807) is 0 Å². The van der Waals surface area contributed by atoms with Crippen molar-refractivity contribution in [3.8, 4) is 0 Å². The number of rotatable bonds is 4. The second kappa shape index (κ2) is 9.48. The van der Waals surface area contributed by atoms with E-state index in [2.05, 4.69) is 0 Å². The molecule has 0 radical (unpaired) electrons. The monoisotopic (exact) mass is 474 g/mol. The number of allylic oxidation sites excluding steroid dienone is 7. The van der Waals surface area contributed by atoms with Gasteiger partial charge in [-0.25, -0.2) is 0 Å². The van der Waals surface area contributed by atoms with E-state index in [1.807, 2.05) is 56.3 Å². The molecule has 0 unspecified atom stereocenters. The second-order valence-corrected chi connectivity index (χ2v) is 6.78. The Bertz CT molecular complexity index is 867. The zero-order valence-corrected chi connectivity index (χ0v) is 18.7. The summed E-state index contributed by atoms with van der Waals surface area (Å²) in [7, 11) is -4.23. The van der Waals surface area contributed by atoms with Crippen LogP contribution >= 0.6 is 0 Å². The molecule has 0 amide bonds. The van der Waals surface area contributed by atoms with Crippen LogP contribution in [0.3, 0.4) is 0 Å². The number of hydrogen-bond acceptors (Lipinski definition) is 2. The molecule has 0 aliphatic heterocycles. The molecular weight excluding hydrogens is 458 g/mol. The first-order valence-corrected chi connectivity index (χ1v) is 8.85. The average Bonchev–Trinajstić information content (AvgIpc) is 3.03. The summed E-state index contributed by atoms with van der Waals surface area (Å²) in [5.74, 6) is 0. The van der Waals surface area contributed by atoms with Gasteiger partial charge in [-0.2, -0.15) is 8.42 Å². The zero-order chi connectivity index (χ0) is 15.9. The van der Waals surface area contributed by atoms with Crippen LogP contribution in [-0.4, -0.2) is 13.0 Å². The molecule has 0 bridgehead atoms. The molecule has 0 saturated carbocycles. The first-order chi connectivity index (χ1) is 10.5. The van der Waals surface area contributed by atoms with Crippen molar-refractivity contribution in [2.75, 3.05) is 0 Å². The fraction of sp³-hybridized carbons (Fsp3) is 0.222. The molecule has 0 heterocycles. The third kappa shape index (κ3) is 4.46. The van der Waals surface area contributed by atoms with Crippen LogP contribution in [0, 0.1) is 0 Å². The Hall–Kier alpha value is -0.447. The molecule has 0 fully saturated rings. The maximum absolute atomic E-state index is 11.9. The van der Waals surface area contributed by atoms with Crippen LogP contribution in [0.15, 0.2) is 69.7 Å². The summed E-state index contributed by atoms with van der Waals surface area (Å²) in [6.07, 6.45) is 5.23. The van der Waals surface area contributed by atoms with E-state index in [0.29, 0.717) is 17.6 Å². The van der Waals surface area contributed by atoms with Crippen molar-refractivity contribution in [2.45, 2.75) is 26.7 Å². The van der Waals surface area contributed by atoms with E-state index >= 15 is 0 Å². The second-order valence-electron chi connectivity index (χ2n) is 5.42. The number of fused-ring (bicyclic) bond motifs is 1. The third-order valence-electron chi connectivity index (χ3n) is 4.14. The largest absolute Gasteiger partial charge is 2.00 e. The van der Waals surface area contributed by atoms with E-state index in [9.17, 15) is 13.0 Å². The van der Waals surface area contributed by atoms with Crippen LogP contribution in [0.4, 0.5) is 0 Å². The molecule has 1 N–H and O–H groups in total. The molecule has 0 aromatic heterocycles. The molecular formula is C18H18Cl2O3SZr. The summed E-state index contributed by atoms with van der Waals surface area (Å²) in [4.78, 5) is 0.0871. The quantitative estimate of drug-likeness (QED) is 0.527. The smallest absolute Gasteiger partial charge is 1.00 e. The molecule has 0 spiro atoms. The summed E-state index contributed by atoms with van der Waals surface area (Å²) in [6, 6.07) is 9.91. The Balaban J connectivity index is 0.00000192. The SMILES string of the molecule is CCC1=C2C(=CC(CC)=C2S(=O)(=O)O)C(c2ccccc2)=C1.[Cl-].[Cl-].[Zr+2]. The Kier molecular flexibility index (Phi) is 9.31. The number of benzene rings is 1. The average molecular weight is 477 g/mol. The van der Waals surface area contributed by atoms with Crippen molar-refractivity contribution >= 4 is 15.7 Å². The van der Waals surface area contributed by atoms with Crippen LogP contribution in [0.5, 0.6) is 0 Å². The van der Waals surface area contributed by atoms with Gasteiger partial charge in [0.2, 0.25) is 0 Å². The third-order valence-corrected chi connectivity index (χ3v) is 5.12. The van der Waals surface area contributed by atoms with E-state index in [0.717, 1.165) is 28.7 Å². The van der Waals surface area contributed by atoms with Crippen LogP contribution < -0.4 is 24.8 Å². The fourth-order valence-electron chi connectivity index (χ4n) is 3.14. The minimum atomic E-state index is -4.23. The van der Waals surface area contributed by atoms with Crippen LogP contribution in [0.25, 0.3) is 5.57 Å². The summed E-state index contributed by atoms with van der Waals surface area (Å²) in [5, 5.41) is 0. The predicted octanol–water partition coefficient (Wildman–Crippen LogP) is -1.71. The number of hydrogen-bond donors (Lipinski definition) is 1.